The lowest BCUT2D eigenvalue weighted by Crippen LogP contribution is -2.96. The SMILES string of the molecule is CC#CCC(F)(O[Si](C(F)(F)F)(C(F)(F)F)C(C(F)(F)F)(C(F)(F)F)C(F)(F)F)C(F)(C(F)(F)F)C(F)(O[Si](C(F)(F)C(F)(F)C(F)(F)C(F)(F)C(F)(F)F)(C(F)(C(F)(F)F)C(F)(F)F)C(F)(C(F)(F)F)C(F)(F)F)/C(C)=C/C. The number of alkyl halides is 46. The molecule has 0 saturated carbocycles. The molecule has 0 aliphatic carbocycles. The van der Waals surface area contributed by atoms with E-state index >= 15 is 52.7 Å². The van der Waals surface area contributed by atoms with E-state index in [1.807, 2.05) is 0 Å². The van der Waals surface area contributed by atoms with Gasteiger partial charge in [0.1, 0.15) is 0 Å². The van der Waals surface area contributed by atoms with Crippen molar-refractivity contribution < 1.29 is 211 Å². The first-order valence-corrected chi connectivity index (χ1v) is 21.4. The summed E-state index contributed by atoms with van der Waals surface area (Å²) < 4.78 is 683. The van der Waals surface area contributed by atoms with Gasteiger partial charge in [-0.15, -0.1) is 5.92 Å². The third-order valence-corrected chi connectivity index (χ3v) is 19.5. The fourth-order valence-electron chi connectivity index (χ4n) is 6.77. The molecular formula is C29H12F46O2Si2. The molecule has 0 saturated heterocycles. The number of allylic oxidation sites excluding steroid dienone is 1. The minimum absolute atomic E-state index is 0.230. The molecule has 50 heteroatoms. The van der Waals surface area contributed by atoms with Crippen LogP contribution >= 0.6 is 0 Å². The molecule has 0 heterocycles. The van der Waals surface area contributed by atoms with Gasteiger partial charge in [0.25, 0.3) is 16.7 Å². The van der Waals surface area contributed by atoms with Gasteiger partial charge in [0.2, 0.25) is 0 Å². The smallest absolute Gasteiger partial charge is 0.366 e. The second-order valence-corrected chi connectivity index (χ2v) is 22.0. The Morgan fingerprint density at radius 1 is 0.367 bits per heavy atom. The van der Waals surface area contributed by atoms with E-state index in [1.165, 1.54) is 4.43 Å². The fraction of sp³-hybridized carbons (Fsp3) is 0.862. The van der Waals surface area contributed by atoms with Crippen LogP contribution in [0.1, 0.15) is 27.2 Å². The van der Waals surface area contributed by atoms with Crippen molar-refractivity contribution in [2.24, 2.45) is 0 Å². The standard InChI is InChI=1S/C29H12F46O2Si2/c1-4-6-7-9(30,76-78(28(70,71)72,29(73,74)75)12(19(44,45)46,20(47,48)49)21(50,51)52)11(32,18(41,42)43)10(31,8(3)5-2)77-79(16(39,23(56,57)58)24(59,60)61,17(40,25(62,63)64)26(65,66)67)27(68,69)15(37,38)13(33,34)14(35,36)22(53,54)55/h5H,7H2,1-3H3/b8-5+. The van der Waals surface area contributed by atoms with Crippen molar-refractivity contribution in [1.29, 1.82) is 0 Å². The summed E-state index contributed by atoms with van der Waals surface area (Å²) in [5.74, 6) is -72.1. The fourth-order valence-corrected chi connectivity index (χ4v) is 14.9. The molecule has 0 rings (SSSR count). The quantitative estimate of drug-likeness (QED) is 0.0704. The average Bonchev–Trinajstić information content (AvgIpc) is 3.14. The van der Waals surface area contributed by atoms with Crippen LogP contribution in [-0.4, -0.2) is 135 Å². The Morgan fingerprint density at radius 2 is 0.658 bits per heavy atom. The van der Waals surface area contributed by atoms with E-state index in [9.17, 15) is 149 Å². The molecule has 0 bridgehead atoms. The van der Waals surface area contributed by atoms with Crippen LogP contribution in [-0.2, 0) is 8.85 Å². The Balaban J connectivity index is 11.9. The van der Waals surface area contributed by atoms with Crippen LogP contribution in [0.5, 0.6) is 0 Å². The normalized spacial score (nSPS) is 18.9. The van der Waals surface area contributed by atoms with Crippen molar-refractivity contribution in [1.82, 2.24) is 0 Å². The molecule has 470 valence electrons. The molecular weight excluding hydrogens is 1310 g/mol. The number of hydrogen-bond donors (Lipinski definition) is 0. The highest BCUT2D eigenvalue weighted by atomic mass is 28.4. The summed E-state index contributed by atoms with van der Waals surface area (Å²) >= 11 is 0. The maximum absolute atomic E-state index is 17.7. The maximum Gasteiger partial charge on any atom is 0.469 e. The molecule has 0 aliphatic heterocycles. The van der Waals surface area contributed by atoms with Crippen LogP contribution in [0.3, 0.4) is 0 Å². The summed E-state index contributed by atoms with van der Waals surface area (Å²) in [7, 11) is -28.7. The van der Waals surface area contributed by atoms with Gasteiger partial charge in [-0.05, 0) is 26.3 Å². The largest absolute Gasteiger partial charge is 0.469 e. The molecule has 79 heavy (non-hydrogen) atoms. The zero-order valence-corrected chi connectivity index (χ0v) is 37.5. The van der Waals surface area contributed by atoms with Crippen LogP contribution in [0.25, 0.3) is 0 Å². The summed E-state index contributed by atoms with van der Waals surface area (Å²) in [6.45, 7) is -3.80. The number of hydrogen-bond acceptors (Lipinski definition) is 2. The molecule has 3 unspecified atom stereocenters. The lowest BCUT2D eigenvalue weighted by atomic mass is 9.81. The van der Waals surface area contributed by atoms with Crippen molar-refractivity contribution in [3.05, 3.63) is 11.6 Å². The van der Waals surface area contributed by atoms with Gasteiger partial charge in [0.05, 0.1) is 6.42 Å². The van der Waals surface area contributed by atoms with Crippen LogP contribution < -0.4 is 0 Å². The summed E-state index contributed by atoms with van der Waals surface area (Å²) in [4.78, 5) is 0. The second kappa shape index (κ2) is 19.5. The Hall–Kier alpha value is -3.57. The van der Waals surface area contributed by atoms with Crippen LogP contribution in [0, 0.1) is 11.8 Å². The van der Waals surface area contributed by atoms with E-state index in [0.29, 0.717) is 0 Å². The molecule has 0 spiro atoms. The molecule has 0 aliphatic rings. The summed E-state index contributed by atoms with van der Waals surface area (Å²) in [5.41, 5.74) is -27.3. The minimum atomic E-state index is -15.2. The van der Waals surface area contributed by atoms with Gasteiger partial charge in [-0.3, -0.25) is 0 Å². The van der Waals surface area contributed by atoms with E-state index < -0.39 is 179 Å². The summed E-state index contributed by atoms with van der Waals surface area (Å²) in [6.07, 6.45) is -99.1. The van der Waals surface area contributed by atoms with Gasteiger partial charge in [0, 0.05) is 0 Å². The van der Waals surface area contributed by atoms with Crippen molar-refractivity contribution >= 4 is 16.6 Å². The molecule has 0 aromatic rings. The first kappa shape index (κ1) is 75.4. The Kier molecular flexibility index (Phi) is 18.6. The van der Waals surface area contributed by atoms with E-state index in [4.69, 9.17) is 0 Å². The Bertz CT molecular complexity index is 2140. The first-order valence-electron chi connectivity index (χ1n) is 17.6. The van der Waals surface area contributed by atoms with Crippen molar-refractivity contribution in [2.75, 3.05) is 0 Å². The minimum Gasteiger partial charge on any atom is -0.366 e. The van der Waals surface area contributed by atoms with E-state index in [0.717, 1.165) is 4.43 Å². The predicted molar refractivity (Wildman–Crippen MR) is 159 cm³/mol. The first-order chi connectivity index (χ1) is 33.5. The lowest BCUT2D eigenvalue weighted by molar-refractivity contribution is -0.425. The molecule has 2 nitrogen and oxygen atoms in total. The molecule has 0 aromatic heterocycles. The Labute approximate surface area is 402 Å². The highest BCUT2D eigenvalue weighted by Crippen LogP contribution is 2.78. The van der Waals surface area contributed by atoms with E-state index in [2.05, 4.69) is 0 Å². The van der Waals surface area contributed by atoms with Gasteiger partial charge < -0.3 is 8.85 Å². The highest BCUT2D eigenvalue weighted by Gasteiger charge is 3.11. The monoisotopic (exact) mass is 1320 g/mol. The summed E-state index contributed by atoms with van der Waals surface area (Å²) in [6, 6.07) is 0. The van der Waals surface area contributed by atoms with Gasteiger partial charge in [0.15, 0.2) is 0 Å². The van der Waals surface area contributed by atoms with Crippen LogP contribution in [0.2, 0.25) is 5.04 Å². The average molecular weight is 1320 g/mol. The van der Waals surface area contributed by atoms with E-state index in [-0.39, 0.29) is 11.8 Å². The zero-order valence-electron chi connectivity index (χ0n) is 35.5. The number of rotatable bonds is 15. The molecule has 0 fully saturated rings. The molecule has 0 aromatic carbocycles. The van der Waals surface area contributed by atoms with Crippen LogP contribution in [0.15, 0.2) is 11.6 Å². The van der Waals surface area contributed by atoms with Gasteiger partial charge in [-0.2, -0.15) is 171 Å². The molecule has 0 radical (unpaired) electrons. The molecule has 3 atom stereocenters. The predicted octanol–water partition coefficient (Wildman–Crippen LogP) is 16.9. The Morgan fingerprint density at radius 3 is 0.861 bits per heavy atom. The van der Waals surface area contributed by atoms with Crippen molar-refractivity contribution in [2.45, 2.75) is 151 Å². The topological polar surface area (TPSA) is 18.5 Å². The third kappa shape index (κ3) is 9.62. The second-order valence-electron chi connectivity index (χ2n) is 15.0. The zero-order chi connectivity index (χ0) is 65.3. The van der Waals surface area contributed by atoms with Gasteiger partial charge >= 0.3 is 123 Å². The van der Waals surface area contributed by atoms with Crippen molar-refractivity contribution in [3.63, 3.8) is 0 Å². The van der Waals surface area contributed by atoms with Crippen molar-refractivity contribution in [3.8, 4) is 11.8 Å². The van der Waals surface area contributed by atoms with Gasteiger partial charge in [-0.1, -0.05) is 12.0 Å². The third-order valence-electron chi connectivity index (χ3n) is 10.5. The van der Waals surface area contributed by atoms with Gasteiger partial charge in [-0.25, -0.2) is 30.7 Å². The van der Waals surface area contributed by atoms with E-state index in [1.54, 1.807) is 0 Å². The highest BCUT2D eigenvalue weighted by molar-refractivity contribution is 6.83. The molecule has 0 amide bonds. The van der Waals surface area contributed by atoms with Crippen LogP contribution in [0.4, 0.5) is 202 Å². The maximum atomic E-state index is 17.7. The number of halogens is 46. The summed E-state index contributed by atoms with van der Waals surface area (Å²) in [5, 5.41) is -33.7. The lowest BCUT2D eigenvalue weighted by Gasteiger charge is -2.59. The molecule has 0 N–H and O–H groups in total.